The third-order valence-corrected chi connectivity index (χ3v) is 8.25. The molecule has 0 spiro atoms. The average Bonchev–Trinajstić information content (AvgIpc) is 3.43. The van der Waals surface area contributed by atoms with Crippen LogP contribution in [0.3, 0.4) is 0 Å². The minimum absolute atomic E-state index is 0.206. The van der Waals surface area contributed by atoms with Gasteiger partial charge in [0.2, 0.25) is 0 Å². The number of aromatic nitrogens is 2. The number of carbonyl (C=O) groups is 3. The lowest BCUT2D eigenvalue weighted by atomic mass is 9.89. The minimum atomic E-state index is -0.740. The highest BCUT2D eigenvalue weighted by Gasteiger charge is 2.26. The van der Waals surface area contributed by atoms with E-state index in [2.05, 4.69) is 59.6 Å². The highest BCUT2D eigenvalue weighted by molar-refractivity contribution is 5.90. The average molecular weight is 614 g/mol. The molecule has 0 aliphatic carbocycles. The van der Waals surface area contributed by atoms with Crippen molar-refractivity contribution in [1.82, 2.24) is 20.2 Å². The molecule has 0 unspecified atom stereocenters. The van der Waals surface area contributed by atoms with Crippen LogP contribution in [0.5, 0.6) is 0 Å². The van der Waals surface area contributed by atoms with Crippen LogP contribution in [-0.2, 0) is 9.59 Å². The van der Waals surface area contributed by atoms with Gasteiger partial charge < -0.3 is 25.4 Å². The van der Waals surface area contributed by atoms with Crippen LogP contribution in [-0.4, -0.2) is 68.7 Å². The number of urea groups is 1. The number of unbranched alkanes of at least 4 members (excludes halogenated alkanes) is 5. The van der Waals surface area contributed by atoms with Crippen LogP contribution in [0, 0.1) is 0 Å². The number of fused-ring (bicyclic) bond motifs is 1. The van der Waals surface area contributed by atoms with Gasteiger partial charge in [-0.3, -0.25) is 14.9 Å². The Kier molecular flexibility index (Phi) is 17.8. The zero-order chi connectivity index (χ0) is 32.2. The van der Waals surface area contributed by atoms with Gasteiger partial charge in [-0.2, -0.15) is 0 Å². The van der Waals surface area contributed by atoms with Crippen LogP contribution in [0.25, 0.3) is 11.0 Å². The summed E-state index contributed by atoms with van der Waals surface area (Å²) in [5.74, 6) is -0.363. The molecule has 0 aromatic carbocycles. The van der Waals surface area contributed by atoms with Gasteiger partial charge in [0.25, 0.3) is 0 Å². The summed E-state index contributed by atoms with van der Waals surface area (Å²) in [5.41, 5.74) is 3.30. The van der Waals surface area contributed by atoms with Crippen LogP contribution in [0.1, 0.15) is 122 Å². The first-order chi connectivity index (χ1) is 21.3. The second-order valence-electron chi connectivity index (χ2n) is 11.6. The van der Waals surface area contributed by atoms with Crippen molar-refractivity contribution in [3.63, 3.8) is 0 Å². The summed E-state index contributed by atoms with van der Waals surface area (Å²) in [7, 11) is 0. The molecule has 3 rings (SSSR count). The number of hydrogen-bond donors (Lipinski definition) is 5. The second-order valence-corrected chi connectivity index (χ2v) is 11.6. The van der Waals surface area contributed by atoms with Gasteiger partial charge in [0.05, 0.1) is 11.0 Å². The van der Waals surface area contributed by atoms with Crippen molar-refractivity contribution >= 4 is 34.8 Å². The summed E-state index contributed by atoms with van der Waals surface area (Å²) < 4.78 is 0. The van der Waals surface area contributed by atoms with Crippen molar-refractivity contribution in [2.24, 2.45) is 0 Å². The fraction of sp³-hybridized carbons (Fsp3) is 0.647. The molecule has 0 saturated carbocycles. The van der Waals surface area contributed by atoms with Gasteiger partial charge in [0.15, 0.2) is 0 Å². The quantitative estimate of drug-likeness (QED) is 0.0855. The lowest BCUT2D eigenvalue weighted by Crippen LogP contribution is -2.40. The van der Waals surface area contributed by atoms with Crippen molar-refractivity contribution in [2.75, 3.05) is 25.0 Å². The molecule has 2 amide bonds. The predicted molar refractivity (Wildman–Crippen MR) is 177 cm³/mol. The zero-order valence-corrected chi connectivity index (χ0v) is 27.1. The van der Waals surface area contributed by atoms with E-state index in [4.69, 9.17) is 15.2 Å². The summed E-state index contributed by atoms with van der Waals surface area (Å²) in [4.78, 5) is 43.2. The fourth-order valence-corrected chi connectivity index (χ4v) is 5.75. The van der Waals surface area contributed by atoms with Crippen LogP contribution in [0.15, 0.2) is 30.5 Å². The summed E-state index contributed by atoms with van der Waals surface area (Å²) >= 11 is 0. The Labute approximate surface area is 263 Å². The Hall–Kier alpha value is -3.40. The van der Waals surface area contributed by atoms with E-state index in [1.165, 1.54) is 18.4 Å². The van der Waals surface area contributed by atoms with E-state index in [0.717, 1.165) is 88.3 Å². The van der Waals surface area contributed by atoms with E-state index in [-0.39, 0.29) is 18.9 Å². The SMILES string of the molecule is CCC=CCCNC(=O)Nc1ccc2[nH]cc(C3CCN(C(CC)CC)CC3)c2n1.O=C(O)CCCCCCCCC(=O)O. The van der Waals surface area contributed by atoms with Crippen molar-refractivity contribution in [3.8, 4) is 0 Å². The molecular weight excluding hydrogens is 558 g/mol. The molecule has 10 nitrogen and oxygen atoms in total. The predicted octanol–water partition coefficient (Wildman–Crippen LogP) is 7.69. The standard InChI is InChI=1S/C24H37N5O.C10H18O4/c1-4-7-8-9-14-25-24(30)28-22-11-10-21-23(27-22)20(17-26-21)18-12-15-29(16-13-18)19(5-2)6-3;11-9(12)7-5-3-1-2-4-6-8-10(13)14/h7-8,10-11,17-19,26H,4-6,9,12-16H2,1-3H3,(H2,25,27,28,30);1-8H2,(H,11,12)(H,13,14). The molecule has 1 saturated heterocycles. The molecule has 0 atom stereocenters. The number of piperidine rings is 1. The lowest BCUT2D eigenvalue weighted by Gasteiger charge is -2.36. The molecule has 246 valence electrons. The van der Waals surface area contributed by atoms with Crippen molar-refractivity contribution < 1.29 is 24.6 Å². The molecule has 0 radical (unpaired) electrons. The summed E-state index contributed by atoms with van der Waals surface area (Å²) in [6, 6.07) is 4.36. The van der Waals surface area contributed by atoms with E-state index < -0.39 is 11.9 Å². The van der Waals surface area contributed by atoms with Crippen molar-refractivity contribution in [3.05, 3.63) is 36.0 Å². The Balaban J connectivity index is 0.000000408. The number of rotatable bonds is 18. The normalized spacial score (nSPS) is 14.1. The van der Waals surface area contributed by atoms with Crippen molar-refractivity contribution in [1.29, 1.82) is 0 Å². The van der Waals surface area contributed by atoms with Gasteiger partial charge in [0.1, 0.15) is 5.82 Å². The van der Waals surface area contributed by atoms with Gasteiger partial charge in [-0.1, -0.05) is 58.6 Å². The van der Waals surface area contributed by atoms with Gasteiger partial charge in [-0.05, 0) is 88.1 Å². The minimum Gasteiger partial charge on any atom is -0.481 e. The summed E-state index contributed by atoms with van der Waals surface area (Å²) in [6.45, 7) is 9.60. The topological polar surface area (TPSA) is 148 Å². The number of pyridine rings is 1. The summed E-state index contributed by atoms with van der Waals surface area (Å²) in [6.07, 6.45) is 18.8. The van der Waals surface area contributed by atoms with E-state index in [0.29, 0.717) is 24.3 Å². The van der Waals surface area contributed by atoms with Gasteiger partial charge in [-0.15, -0.1) is 0 Å². The lowest BCUT2D eigenvalue weighted by molar-refractivity contribution is -0.138. The Morgan fingerprint density at radius 2 is 1.57 bits per heavy atom. The van der Waals surface area contributed by atoms with Crippen LogP contribution < -0.4 is 10.6 Å². The van der Waals surface area contributed by atoms with Gasteiger partial charge in [0, 0.05) is 31.6 Å². The monoisotopic (exact) mass is 613 g/mol. The maximum absolute atomic E-state index is 12.2. The molecule has 2 aromatic heterocycles. The first-order valence-corrected chi connectivity index (χ1v) is 16.6. The number of carboxylic acids is 2. The first-order valence-electron chi connectivity index (χ1n) is 16.6. The molecular formula is C34H55N5O5. The Bertz CT molecular complexity index is 1130. The number of nitrogens with one attached hydrogen (secondary N) is 3. The number of allylic oxidation sites excluding steroid dienone is 1. The number of hydrogen-bond acceptors (Lipinski definition) is 5. The number of carbonyl (C=O) groups excluding carboxylic acids is 1. The summed E-state index contributed by atoms with van der Waals surface area (Å²) in [5, 5.41) is 22.5. The number of anilines is 1. The Morgan fingerprint density at radius 1 is 0.955 bits per heavy atom. The largest absolute Gasteiger partial charge is 0.481 e. The molecule has 1 aliphatic heterocycles. The molecule has 10 heteroatoms. The van der Waals surface area contributed by atoms with E-state index in [1.54, 1.807) is 0 Å². The molecule has 0 bridgehead atoms. The molecule has 1 aliphatic rings. The fourth-order valence-electron chi connectivity index (χ4n) is 5.75. The van der Waals surface area contributed by atoms with E-state index in [1.807, 2.05) is 12.1 Å². The van der Waals surface area contributed by atoms with Gasteiger partial charge >= 0.3 is 18.0 Å². The molecule has 2 aromatic rings. The third kappa shape index (κ3) is 13.9. The van der Waals surface area contributed by atoms with E-state index in [9.17, 15) is 14.4 Å². The highest BCUT2D eigenvalue weighted by Crippen LogP contribution is 2.34. The van der Waals surface area contributed by atoms with Crippen LogP contribution in [0.4, 0.5) is 10.6 Å². The second kappa shape index (κ2) is 21.3. The highest BCUT2D eigenvalue weighted by atomic mass is 16.4. The smallest absolute Gasteiger partial charge is 0.320 e. The maximum atomic E-state index is 12.2. The van der Waals surface area contributed by atoms with Crippen LogP contribution in [0.2, 0.25) is 0 Å². The van der Waals surface area contributed by atoms with Gasteiger partial charge in [-0.25, -0.2) is 9.78 Å². The molecule has 3 heterocycles. The third-order valence-electron chi connectivity index (χ3n) is 8.25. The number of nitrogens with zero attached hydrogens (tertiary/aromatic N) is 2. The number of aliphatic carboxylic acids is 2. The number of likely N-dealkylation sites (tertiary alicyclic amines) is 1. The van der Waals surface area contributed by atoms with Crippen LogP contribution >= 0.6 is 0 Å². The number of aromatic amines is 1. The zero-order valence-electron chi connectivity index (χ0n) is 27.1. The molecule has 5 N–H and O–H groups in total. The number of amides is 2. The molecule has 1 fully saturated rings. The first kappa shape index (κ1) is 36.8. The Morgan fingerprint density at radius 3 is 2.14 bits per heavy atom. The molecule has 44 heavy (non-hydrogen) atoms. The number of carboxylic acid groups (broad SMARTS) is 2. The van der Waals surface area contributed by atoms with Crippen molar-refractivity contribution in [2.45, 2.75) is 123 Å². The number of H-pyrrole nitrogens is 1. The maximum Gasteiger partial charge on any atom is 0.320 e. The van der Waals surface area contributed by atoms with E-state index >= 15 is 0 Å².